The Morgan fingerprint density at radius 3 is 1.89 bits per heavy atom. The van der Waals surface area contributed by atoms with Crippen molar-refractivity contribution in [3.63, 3.8) is 0 Å². The van der Waals surface area contributed by atoms with Crippen molar-refractivity contribution < 1.29 is 9.05 Å². The Hall–Kier alpha value is 1.39. The molecule has 0 N–H and O–H groups in total. The summed E-state index contributed by atoms with van der Waals surface area (Å²) in [5.74, 6) is 0. The molecule has 0 unspecified atom stereocenters. The number of hydrogen-bond acceptors (Lipinski definition) is 2. The molecule has 55 valence electrons. The van der Waals surface area contributed by atoms with Crippen LogP contribution in [0.2, 0.25) is 0 Å². The summed E-state index contributed by atoms with van der Waals surface area (Å²) in [5, 5.41) is -1.69. The van der Waals surface area contributed by atoms with Crippen LogP contribution in [0.1, 0.15) is 13.8 Å². The van der Waals surface area contributed by atoms with Gasteiger partial charge in [-0.2, -0.15) is 0 Å². The Kier molecular flexibility index (Phi) is 5.88. The van der Waals surface area contributed by atoms with Gasteiger partial charge < -0.3 is 0 Å². The van der Waals surface area contributed by atoms with E-state index in [1.165, 1.54) is 0 Å². The summed E-state index contributed by atoms with van der Waals surface area (Å²) < 4.78 is 10.5. The zero-order chi connectivity index (χ0) is 7.33. The first-order chi connectivity index (χ1) is 4.12. The fourth-order valence-electron chi connectivity index (χ4n) is 0.353. The summed E-state index contributed by atoms with van der Waals surface area (Å²) in [6.07, 6.45) is 0. The molecule has 1 radical (unpaired) electrons. The monoisotopic (exact) mass is 281 g/mol. The Bertz CT molecular complexity index is 71.0. The summed E-state index contributed by atoms with van der Waals surface area (Å²) >= 11 is 5.73. The van der Waals surface area contributed by atoms with Crippen LogP contribution in [0.15, 0.2) is 0 Å². The van der Waals surface area contributed by atoms with Crippen LogP contribution in [0.5, 0.6) is 0 Å². The summed E-state index contributed by atoms with van der Waals surface area (Å²) in [7, 11) is 0. The second-order valence-electron chi connectivity index (χ2n) is 1.28. The quantitative estimate of drug-likeness (QED) is 0.566. The predicted molar refractivity (Wildman–Crippen MR) is 41.7 cm³/mol. The summed E-state index contributed by atoms with van der Waals surface area (Å²) in [4.78, 5) is 0. The molecule has 0 saturated carbocycles. The minimum absolute atomic E-state index is 0.688. The zero-order valence-electron chi connectivity index (χ0n) is 5.49. The van der Waals surface area contributed by atoms with E-state index in [9.17, 15) is 0 Å². The molecule has 0 aromatic carbocycles. The van der Waals surface area contributed by atoms with Gasteiger partial charge in [0.15, 0.2) is 0 Å². The van der Waals surface area contributed by atoms with Crippen molar-refractivity contribution in [1.29, 1.82) is 0 Å². The molecule has 0 amide bonds. The van der Waals surface area contributed by atoms with Crippen molar-refractivity contribution in [3.8, 4) is 0 Å². The van der Waals surface area contributed by atoms with Gasteiger partial charge in [-0.3, -0.25) is 0 Å². The Labute approximate surface area is 72.4 Å². The third-order valence-electron chi connectivity index (χ3n) is 0.574. The van der Waals surface area contributed by atoms with Crippen molar-refractivity contribution in [2.45, 2.75) is 13.8 Å². The molecule has 0 saturated heterocycles. The number of rotatable bonds is 4. The van der Waals surface area contributed by atoms with Gasteiger partial charge in [-0.1, -0.05) is 0 Å². The van der Waals surface area contributed by atoms with Crippen LogP contribution < -0.4 is 0 Å². The molecule has 0 aliphatic rings. The average molecular weight is 279 g/mol. The maximum atomic E-state index is 5.25. The molecule has 2 nitrogen and oxygen atoms in total. The molecule has 0 fully saturated rings. The molecule has 0 aromatic rings. The second-order valence-corrected chi connectivity index (χ2v) is 12.3. The van der Waals surface area contributed by atoms with E-state index in [0.29, 0.717) is 13.2 Å². The van der Waals surface area contributed by atoms with E-state index < -0.39 is 5.10 Å². The molecular formula is C4H10O2PSe2. The van der Waals surface area contributed by atoms with Crippen LogP contribution in [0, 0.1) is 0 Å². The van der Waals surface area contributed by atoms with Crippen LogP contribution in [0.4, 0.5) is 0 Å². The van der Waals surface area contributed by atoms with Gasteiger partial charge in [0, 0.05) is 0 Å². The van der Waals surface area contributed by atoms with Gasteiger partial charge in [0.25, 0.3) is 0 Å². The standard InChI is InChI=1S/C4H10O2PSe2/c1-3-5-7(8,9)6-4-2/h3-4H2,1-2H3. The zero-order valence-corrected chi connectivity index (χ0v) is 9.81. The van der Waals surface area contributed by atoms with Crippen molar-refractivity contribution in [2.24, 2.45) is 0 Å². The first-order valence-corrected chi connectivity index (χ1v) is 8.78. The molecule has 0 bridgehead atoms. The van der Waals surface area contributed by atoms with E-state index >= 15 is 0 Å². The SMILES string of the molecule is CCO[P+]([Se])([Se-])OCC. The molecule has 9 heavy (non-hydrogen) atoms. The molecule has 0 heterocycles. The van der Waals surface area contributed by atoms with Crippen LogP contribution in [-0.4, -0.2) is 44.4 Å². The Morgan fingerprint density at radius 1 is 1.33 bits per heavy atom. The van der Waals surface area contributed by atoms with Crippen LogP contribution in [-0.2, 0) is 9.05 Å². The van der Waals surface area contributed by atoms with Gasteiger partial charge in [-0.25, -0.2) is 0 Å². The fourth-order valence-corrected chi connectivity index (χ4v) is 3.71. The maximum absolute atomic E-state index is 5.25. The van der Waals surface area contributed by atoms with E-state index in [-0.39, 0.29) is 0 Å². The third kappa shape index (κ3) is 5.81. The first-order valence-electron chi connectivity index (χ1n) is 2.72. The molecule has 5 heteroatoms. The summed E-state index contributed by atoms with van der Waals surface area (Å²) in [6.45, 7) is 5.27. The van der Waals surface area contributed by atoms with Crippen LogP contribution >= 0.6 is 5.10 Å². The molecule has 0 aliphatic carbocycles. The average Bonchev–Trinajstić information content (AvgIpc) is 1.64. The second kappa shape index (κ2) is 5.09. The molecular weight excluding hydrogens is 269 g/mol. The van der Waals surface area contributed by atoms with E-state index in [4.69, 9.17) is 9.05 Å². The fraction of sp³-hybridized carbons (Fsp3) is 1.00. The van der Waals surface area contributed by atoms with Crippen molar-refractivity contribution in [2.75, 3.05) is 13.2 Å². The number of hydrogen-bond donors (Lipinski definition) is 0. The van der Waals surface area contributed by atoms with Gasteiger partial charge in [-0.15, -0.1) is 0 Å². The van der Waals surface area contributed by atoms with Crippen molar-refractivity contribution in [1.82, 2.24) is 0 Å². The Morgan fingerprint density at radius 2 is 1.67 bits per heavy atom. The summed E-state index contributed by atoms with van der Waals surface area (Å²) in [5.41, 5.74) is 0. The molecule has 0 spiro atoms. The van der Waals surface area contributed by atoms with Crippen LogP contribution in [0.25, 0.3) is 0 Å². The van der Waals surface area contributed by atoms with Gasteiger partial charge >= 0.3 is 72.3 Å². The van der Waals surface area contributed by atoms with Crippen molar-refractivity contribution >= 4 is 36.2 Å². The van der Waals surface area contributed by atoms with E-state index in [1.54, 1.807) is 0 Å². The van der Waals surface area contributed by atoms with Gasteiger partial charge in [-0.05, 0) is 0 Å². The first kappa shape index (κ1) is 10.4. The minimum atomic E-state index is -1.69. The van der Waals surface area contributed by atoms with Gasteiger partial charge in [0.05, 0.1) is 0 Å². The molecule has 0 rings (SSSR count). The van der Waals surface area contributed by atoms with E-state index in [0.717, 1.165) is 0 Å². The van der Waals surface area contributed by atoms with Gasteiger partial charge in [0.1, 0.15) is 0 Å². The normalized spacial score (nSPS) is 12.0. The van der Waals surface area contributed by atoms with E-state index in [2.05, 4.69) is 31.1 Å². The van der Waals surface area contributed by atoms with Crippen molar-refractivity contribution in [3.05, 3.63) is 0 Å². The van der Waals surface area contributed by atoms with Gasteiger partial charge in [0.2, 0.25) is 0 Å². The van der Waals surface area contributed by atoms with E-state index in [1.807, 2.05) is 13.8 Å². The van der Waals surface area contributed by atoms with Crippen LogP contribution in [0.3, 0.4) is 0 Å². The molecule has 0 atom stereocenters. The topological polar surface area (TPSA) is 18.5 Å². The predicted octanol–water partition coefficient (Wildman–Crippen LogP) is 1.07. The Balaban J connectivity index is 3.43. The summed E-state index contributed by atoms with van der Waals surface area (Å²) in [6, 6.07) is 0. The molecule has 0 aliphatic heterocycles. The molecule has 0 aromatic heterocycles. The third-order valence-corrected chi connectivity index (χ3v) is 4.38.